The second-order valence-electron chi connectivity index (χ2n) is 10.3. The van der Waals surface area contributed by atoms with Gasteiger partial charge < -0.3 is 10.2 Å². The summed E-state index contributed by atoms with van der Waals surface area (Å²) in [4.78, 5) is 28.7. The average molecular weight is 619 g/mol. The van der Waals surface area contributed by atoms with Crippen LogP contribution in [0.25, 0.3) is 0 Å². The van der Waals surface area contributed by atoms with Crippen molar-refractivity contribution in [3.05, 3.63) is 93.0 Å². The first-order valence-electron chi connectivity index (χ1n) is 13.4. The molecule has 3 rings (SSSR count). The van der Waals surface area contributed by atoms with Crippen molar-refractivity contribution >= 4 is 50.7 Å². The van der Waals surface area contributed by atoms with E-state index >= 15 is 0 Å². The van der Waals surface area contributed by atoms with E-state index in [1.54, 1.807) is 49.4 Å². The van der Waals surface area contributed by atoms with Crippen molar-refractivity contribution < 1.29 is 18.0 Å². The monoisotopic (exact) mass is 617 g/mol. The van der Waals surface area contributed by atoms with Crippen molar-refractivity contribution in [3.8, 4) is 0 Å². The highest BCUT2D eigenvalue weighted by molar-refractivity contribution is 7.92. The topological polar surface area (TPSA) is 86.8 Å². The zero-order valence-electron chi connectivity index (χ0n) is 24.2. The molecular weight excluding hydrogens is 581 g/mol. The van der Waals surface area contributed by atoms with Gasteiger partial charge in [-0.2, -0.15) is 0 Å². The molecule has 0 aliphatic heterocycles. The highest BCUT2D eigenvalue weighted by atomic mass is 35.5. The van der Waals surface area contributed by atoms with Crippen LogP contribution in [0.2, 0.25) is 10.0 Å². The normalized spacial score (nSPS) is 12.9. The summed E-state index contributed by atoms with van der Waals surface area (Å²) in [6.45, 7) is 10.6. The molecule has 41 heavy (non-hydrogen) atoms. The predicted octanol–water partition coefficient (Wildman–Crippen LogP) is 6.45. The summed E-state index contributed by atoms with van der Waals surface area (Å²) in [5.41, 5.74) is 3.70. The van der Waals surface area contributed by atoms with Crippen LogP contribution in [-0.2, 0) is 26.2 Å². The number of benzene rings is 3. The number of rotatable bonds is 11. The van der Waals surface area contributed by atoms with Crippen LogP contribution in [0.1, 0.15) is 49.4 Å². The molecule has 0 bridgehead atoms. The molecule has 0 saturated carbocycles. The van der Waals surface area contributed by atoms with Gasteiger partial charge in [-0.15, -0.1) is 0 Å². The molecule has 0 heterocycles. The maximum absolute atomic E-state index is 14.1. The van der Waals surface area contributed by atoms with Crippen LogP contribution in [0.4, 0.5) is 5.69 Å². The van der Waals surface area contributed by atoms with Gasteiger partial charge in [0.2, 0.25) is 11.8 Å². The van der Waals surface area contributed by atoms with E-state index in [0.29, 0.717) is 27.7 Å². The third-order valence-electron chi connectivity index (χ3n) is 7.19. The van der Waals surface area contributed by atoms with Crippen molar-refractivity contribution in [1.29, 1.82) is 0 Å². The Bertz CT molecular complexity index is 1510. The summed E-state index contributed by atoms with van der Waals surface area (Å²) < 4.78 is 29.1. The summed E-state index contributed by atoms with van der Waals surface area (Å²) in [5, 5.41) is 3.69. The maximum Gasteiger partial charge on any atom is 0.264 e. The lowest BCUT2D eigenvalue weighted by Crippen LogP contribution is -2.52. The van der Waals surface area contributed by atoms with Crippen molar-refractivity contribution in [2.75, 3.05) is 10.8 Å². The quantitative estimate of drug-likeness (QED) is 0.268. The molecule has 0 aliphatic carbocycles. The number of aryl methyl sites for hydroxylation is 3. The number of carbonyl (C=O) groups is 2. The fourth-order valence-corrected chi connectivity index (χ4v) is 6.00. The molecule has 3 aromatic rings. The maximum atomic E-state index is 14.1. The minimum absolute atomic E-state index is 0.0186. The molecule has 0 aromatic heterocycles. The minimum atomic E-state index is -4.14. The minimum Gasteiger partial charge on any atom is -0.352 e. The van der Waals surface area contributed by atoms with E-state index in [4.69, 9.17) is 23.2 Å². The number of amides is 2. The summed E-state index contributed by atoms with van der Waals surface area (Å²) in [7, 11) is -4.14. The number of hydrogen-bond acceptors (Lipinski definition) is 4. The Hall–Kier alpha value is -3.07. The van der Waals surface area contributed by atoms with Gasteiger partial charge in [-0.05, 0) is 94.1 Å². The van der Waals surface area contributed by atoms with Crippen LogP contribution >= 0.6 is 23.2 Å². The molecule has 0 radical (unpaired) electrons. The first kappa shape index (κ1) is 32.4. The van der Waals surface area contributed by atoms with Gasteiger partial charge in [-0.3, -0.25) is 13.9 Å². The fraction of sp³-hybridized carbons (Fsp3) is 0.355. The Morgan fingerprint density at radius 3 is 2.15 bits per heavy atom. The molecule has 0 saturated heterocycles. The van der Waals surface area contributed by atoms with Crippen LogP contribution in [0.3, 0.4) is 0 Å². The third-order valence-corrected chi connectivity index (χ3v) is 9.57. The summed E-state index contributed by atoms with van der Waals surface area (Å²) in [5.74, 6) is -0.909. The molecular formula is C31H37Cl2N3O4S. The van der Waals surface area contributed by atoms with Crippen molar-refractivity contribution in [1.82, 2.24) is 10.2 Å². The largest absolute Gasteiger partial charge is 0.352 e. The molecule has 2 atom stereocenters. The molecule has 2 amide bonds. The highest BCUT2D eigenvalue weighted by Gasteiger charge is 2.33. The zero-order valence-corrected chi connectivity index (χ0v) is 26.6. The number of sulfonamides is 1. The second kappa shape index (κ2) is 13.7. The predicted molar refractivity (Wildman–Crippen MR) is 166 cm³/mol. The smallest absolute Gasteiger partial charge is 0.264 e. The van der Waals surface area contributed by atoms with Gasteiger partial charge in [0, 0.05) is 22.6 Å². The van der Waals surface area contributed by atoms with Gasteiger partial charge >= 0.3 is 0 Å². The number of carbonyl (C=O) groups excluding carboxylic acids is 2. The van der Waals surface area contributed by atoms with E-state index in [1.807, 2.05) is 40.7 Å². The summed E-state index contributed by atoms with van der Waals surface area (Å²) in [6.07, 6.45) is 0.713. The molecule has 2 unspecified atom stereocenters. The lowest BCUT2D eigenvalue weighted by molar-refractivity contribution is -0.139. The molecule has 0 spiro atoms. The molecule has 220 valence electrons. The van der Waals surface area contributed by atoms with Crippen molar-refractivity contribution in [2.45, 2.75) is 71.5 Å². The van der Waals surface area contributed by atoms with Crippen molar-refractivity contribution in [2.24, 2.45) is 0 Å². The van der Waals surface area contributed by atoms with E-state index in [0.717, 1.165) is 21.0 Å². The number of nitrogens with zero attached hydrogens (tertiary/aromatic N) is 2. The zero-order chi connectivity index (χ0) is 30.5. The molecule has 7 nitrogen and oxygen atoms in total. The first-order chi connectivity index (χ1) is 19.2. The first-order valence-corrected chi connectivity index (χ1v) is 15.6. The van der Waals surface area contributed by atoms with E-state index in [2.05, 4.69) is 5.32 Å². The van der Waals surface area contributed by atoms with Gasteiger partial charge in [0.25, 0.3) is 10.0 Å². The number of hydrogen-bond donors (Lipinski definition) is 1. The van der Waals surface area contributed by atoms with E-state index in [-0.39, 0.29) is 23.4 Å². The van der Waals surface area contributed by atoms with Gasteiger partial charge in [0.15, 0.2) is 0 Å². The summed E-state index contributed by atoms with van der Waals surface area (Å²) >= 11 is 12.5. The third kappa shape index (κ3) is 8.03. The van der Waals surface area contributed by atoms with Crippen LogP contribution in [0.15, 0.2) is 65.6 Å². The van der Waals surface area contributed by atoms with Crippen LogP contribution in [0.5, 0.6) is 0 Å². The van der Waals surface area contributed by atoms with Crippen LogP contribution < -0.4 is 9.62 Å². The summed E-state index contributed by atoms with van der Waals surface area (Å²) in [6, 6.07) is 15.6. The standard InChI is InChI=1S/C31H37Cl2N3O4S/c1-7-23(5)34-31(38)24(6)35(18-25-11-12-26(32)17-29(25)33)30(37)19-36(27-13-10-21(3)22(4)16-27)41(39,40)28-14-8-20(2)9-15-28/h8-17,23-24H,7,18-19H2,1-6H3,(H,34,38). The van der Waals surface area contributed by atoms with Crippen LogP contribution in [0, 0.1) is 20.8 Å². The molecule has 3 aromatic carbocycles. The Morgan fingerprint density at radius 1 is 0.902 bits per heavy atom. The molecule has 10 heteroatoms. The van der Waals surface area contributed by atoms with E-state index in [9.17, 15) is 18.0 Å². The average Bonchev–Trinajstić information content (AvgIpc) is 2.92. The second-order valence-corrected chi connectivity index (χ2v) is 13.1. The van der Waals surface area contributed by atoms with E-state index < -0.39 is 28.5 Å². The molecule has 0 fully saturated rings. The Labute approximate surface area is 253 Å². The number of halogens is 2. The molecule has 0 aliphatic rings. The van der Waals surface area contributed by atoms with Crippen molar-refractivity contribution in [3.63, 3.8) is 0 Å². The SMILES string of the molecule is CCC(C)NC(=O)C(C)N(Cc1ccc(Cl)cc1Cl)C(=O)CN(c1ccc(C)c(C)c1)S(=O)(=O)c1ccc(C)cc1. The molecule has 1 N–H and O–H groups in total. The fourth-order valence-electron chi connectivity index (χ4n) is 4.13. The Morgan fingerprint density at radius 2 is 1.56 bits per heavy atom. The Kier molecular flexibility index (Phi) is 10.9. The van der Waals surface area contributed by atoms with Gasteiger partial charge in [-0.1, -0.05) is 60.0 Å². The van der Waals surface area contributed by atoms with E-state index in [1.165, 1.54) is 17.0 Å². The van der Waals surface area contributed by atoms with Gasteiger partial charge in [0.1, 0.15) is 12.6 Å². The van der Waals surface area contributed by atoms with Crippen LogP contribution in [-0.4, -0.2) is 43.8 Å². The highest BCUT2D eigenvalue weighted by Crippen LogP contribution is 2.28. The number of nitrogens with one attached hydrogen (secondary N) is 1. The van der Waals surface area contributed by atoms with Gasteiger partial charge in [-0.25, -0.2) is 8.42 Å². The lowest BCUT2D eigenvalue weighted by atomic mass is 10.1. The van der Waals surface area contributed by atoms with Gasteiger partial charge in [0.05, 0.1) is 10.6 Å². The lowest BCUT2D eigenvalue weighted by Gasteiger charge is -2.32. The Balaban J connectivity index is 2.07. The number of anilines is 1.